The lowest BCUT2D eigenvalue weighted by molar-refractivity contribution is 0.481. The van der Waals surface area contributed by atoms with Crippen molar-refractivity contribution in [1.29, 1.82) is 0 Å². The van der Waals surface area contributed by atoms with E-state index in [1.54, 1.807) is 0 Å². The average Bonchev–Trinajstić information content (AvgIpc) is 2.90. The molecule has 16 heteroatoms. The number of hydrogen-bond donors (Lipinski definition) is 4. The summed E-state index contributed by atoms with van der Waals surface area (Å²) in [4.78, 5) is -1.71. The Morgan fingerprint density at radius 3 is 0.571 bits per heavy atom. The van der Waals surface area contributed by atoms with Gasteiger partial charge < -0.3 is 0 Å². The van der Waals surface area contributed by atoms with Gasteiger partial charge in [0.1, 0.15) is 0 Å². The van der Waals surface area contributed by atoms with Gasteiger partial charge in [0.15, 0.2) is 0 Å². The summed E-state index contributed by atoms with van der Waals surface area (Å²) in [5.41, 5.74) is 1.84. The molecule has 12 nitrogen and oxygen atoms in total. The summed E-state index contributed by atoms with van der Waals surface area (Å²) in [5.74, 6) is 0. The van der Waals surface area contributed by atoms with E-state index >= 15 is 0 Å². The van der Waals surface area contributed by atoms with Gasteiger partial charge in [-0.25, -0.2) is 0 Å². The minimum absolute atomic E-state index is 0.290. The summed E-state index contributed by atoms with van der Waals surface area (Å²) in [5, 5.41) is 0. The Hall–Kier alpha value is -3.74. The van der Waals surface area contributed by atoms with E-state index in [1.165, 1.54) is 48.5 Å². The van der Waals surface area contributed by atoms with E-state index in [2.05, 4.69) is 0 Å². The van der Waals surface area contributed by atoms with E-state index in [0.717, 1.165) is 48.5 Å². The van der Waals surface area contributed by atoms with Gasteiger partial charge in [-0.15, -0.1) is 0 Å². The molecule has 42 heavy (non-hydrogen) atoms. The fourth-order valence-corrected chi connectivity index (χ4v) is 6.01. The zero-order valence-corrected chi connectivity index (χ0v) is 24.2. The lowest BCUT2D eigenvalue weighted by atomic mass is 9.86. The minimum Gasteiger partial charge on any atom is -0.282 e. The first-order valence-corrected chi connectivity index (χ1v) is 17.2. The number of rotatable bonds is 8. The van der Waals surface area contributed by atoms with E-state index in [0.29, 0.717) is 22.3 Å². The summed E-state index contributed by atoms with van der Waals surface area (Å²) in [6.07, 6.45) is 0. The number of benzene rings is 4. The third-order valence-corrected chi connectivity index (χ3v) is 9.48. The van der Waals surface area contributed by atoms with Crippen LogP contribution < -0.4 is 0 Å². The molecule has 0 fully saturated rings. The van der Waals surface area contributed by atoms with Crippen LogP contribution in [-0.2, 0) is 40.5 Å². The molecule has 4 rings (SSSR count). The van der Waals surface area contributed by atoms with Crippen LogP contribution in [0.15, 0.2) is 117 Å². The summed E-state index contributed by atoms with van der Waals surface area (Å²) < 4.78 is 131. The van der Waals surface area contributed by atoms with Gasteiger partial charge in [-0.3, -0.25) is 18.2 Å². The Balaban J connectivity index is 2.11. The molecule has 4 N–H and O–H groups in total. The highest BCUT2D eigenvalue weighted by Crippen LogP contribution is 2.38. The van der Waals surface area contributed by atoms with Crippen molar-refractivity contribution < 1.29 is 51.9 Å². The molecule has 0 aromatic heterocycles. The van der Waals surface area contributed by atoms with E-state index in [9.17, 15) is 51.9 Å². The Bertz CT molecular complexity index is 1800. The van der Waals surface area contributed by atoms with Gasteiger partial charge in [-0.2, -0.15) is 33.7 Å². The minimum atomic E-state index is -4.57. The van der Waals surface area contributed by atoms with Crippen molar-refractivity contribution in [2.45, 2.75) is 19.6 Å². The van der Waals surface area contributed by atoms with Crippen LogP contribution in [0.4, 0.5) is 0 Å². The molecule has 4 aromatic carbocycles. The predicted octanol–water partition coefficient (Wildman–Crippen LogP) is 3.68. The standard InChI is InChI=1S/C26H20O12S4/c27-39(28,29)21-9-1-17(2-10-21)25(18-3-11-22(12-4-18)40(30,31)32)26(19-5-13-23(14-6-19)41(33,34)35)20-7-15-24(16-8-20)42(36,37)38/h1-16H,(H,27,28,29)(H,30,31,32)(H,33,34,35)(H,36,37,38). The number of hydrogen-bond acceptors (Lipinski definition) is 8. The third kappa shape index (κ3) is 7.00. The highest BCUT2D eigenvalue weighted by atomic mass is 32.2. The second kappa shape index (κ2) is 11.2. The largest absolute Gasteiger partial charge is 0.294 e. The lowest BCUT2D eigenvalue weighted by Gasteiger charge is -2.19. The molecule has 0 saturated carbocycles. The first-order chi connectivity index (χ1) is 19.4. The molecular formula is C26H20O12S4. The molecule has 0 aliphatic carbocycles. The highest BCUT2D eigenvalue weighted by molar-refractivity contribution is 7.86. The second-order valence-electron chi connectivity index (χ2n) is 8.75. The molecule has 0 radical (unpaired) electrons. The maximum atomic E-state index is 11.6. The van der Waals surface area contributed by atoms with Crippen LogP contribution in [0.1, 0.15) is 22.3 Å². The van der Waals surface area contributed by atoms with Crippen LogP contribution in [0.3, 0.4) is 0 Å². The molecule has 220 valence electrons. The summed E-state index contributed by atoms with van der Waals surface area (Å²) >= 11 is 0. The van der Waals surface area contributed by atoms with E-state index in [1.807, 2.05) is 0 Å². The Morgan fingerprint density at radius 2 is 0.452 bits per heavy atom. The van der Waals surface area contributed by atoms with E-state index in [-0.39, 0.29) is 11.1 Å². The van der Waals surface area contributed by atoms with Crippen molar-refractivity contribution in [2.24, 2.45) is 0 Å². The van der Waals surface area contributed by atoms with Crippen molar-refractivity contribution in [2.75, 3.05) is 0 Å². The average molecular weight is 653 g/mol. The quantitative estimate of drug-likeness (QED) is 0.158. The molecule has 4 aromatic rings. The molecule has 0 bridgehead atoms. The Morgan fingerprint density at radius 1 is 0.310 bits per heavy atom. The Labute approximate surface area is 241 Å². The first kappa shape index (κ1) is 31.2. The third-order valence-electron chi connectivity index (χ3n) is 6.01. The lowest BCUT2D eigenvalue weighted by Crippen LogP contribution is -2.03. The van der Waals surface area contributed by atoms with Crippen LogP contribution in [0.25, 0.3) is 11.1 Å². The summed E-state index contributed by atoms with van der Waals surface area (Å²) in [7, 11) is -18.3. The summed E-state index contributed by atoms with van der Waals surface area (Å²) in [6, 6.07) is 19.6. The predicted molar refractivity (Wildman–Crippen MR) is 150 cm³/mol. The van der Waals surface area contributed by atoms with Gasteiger partial charge in [-0.1, -0.05) is 48.5 Å². The zero-order chi connectivity index (χ0) is 31.1. The van der Waals surface area contributed by atoms with Crippen LogP contribution in [0.5, 0.6) is 0 Å². The molecule has 0 unspecified atom stereocenters. The van der Waals surface area contributed by atoms with Crippen molar-refractivity contribution in [3.63, 3.8) is 0 Å². The molecule has 0 atom stereocenters. The maximum absolute atomic E-state index is 11.6. The highest BCUT2D eigenvalue weighted by Gasteiger charge is 2.21. The smallest absolute Gasteiger partial charge is 0.282 e. The van der Waals surface area contributed by atoms with Gasteiger partial charge in [0.25, 0.3) is 40.5 Å². The van der Waals surface area contributed by atoms with E-state index in [4.69, 9.17) is 0 Å². The first-order valence-electron chi connectivity index (χ1n) is 11.4. The van der Waals surface area contributed by atoms with Crippen LogP contribution in [0.2, 0.25) is 0 Å². The zero-order valence-electron chi connectivity index (χ0n) is 20.9. The van der Waals surface area contributed by atoms with Crippen molar-refractivity contribution >= 4 is 51.6 Å². The SMILES string of the molecule is O=S(=O)(O)c1ccc(C(=C(c2ccc(S(=O)(=O)O)cc2)c2ccc(S(=O)(=O)O)cc2)c2ccc(S(=O)(=O)O)cc2)cc1. The molecule has 0 heterocycles. The molecule has 0 saturated heterocycles. The van der Waals surface area contributed by atoms with Crippen molar-refractivity contribution in [3.05, 3.63) is 119 Å². The van der Waals surface area contributed by atoms with E-state index < -0.39 is 60.1 Å². The van der Waals surface area contributed by atoms with Crippen LogP contribution in [0, 0.1) is 0 Å². The van der Waals surface area contributed by atoms with Crippen LogP contribution in [-0.4, -0.2) is 51.9 Å². The fraction of sp³-hybridized carbons (Fsp3) is 0. The van der Waals surface area contributed by atoms with Gasteiger partial charge in [0.2, 0.25) is 0 Å². The van der Waals surface area contributed by atoms with Gasteiger partial charge in [0.05, 0.1) is 19.6 Å². The Kier molecular flexibility index (Phi) is 8.29. The molecule has 0 aliphatic rings. The topological polar surface area (TPSA) is 217 Å². The molecule has 0 amide bonds. The fourth-order valence-electron chi connectivity index (χ4n) is 4.08. The van der Waals surface area contributed by atoms with Crippen molar-refractivity contribution in [3.8, 4) is 0 Å². The summed E-state index contributed by atoms with van der Waals surface area (Å²) in [6.45, 7) is 0. The van der Waals surface area contributed by atoms with Gasteiger partial charge in [-0.05, 0) is 81.9 Å². The monoisotopic (exact) mass is 652 g/mol. The van der Waals surface area contributed by atoms with Crippen molar-refractivity contribution in [1.82, 2.24) is 0 Å². The maximum Gasteiger partial charge on any atom is 0.294 e. The van der Waals surface area contributed by atoms with Crippen LogP contribution >= 0.6 is 0 Å². The normalized spacial score (nSPS) is 12.6. The van der Waals surface area contributed by atoms with Gasteiger partial charge >= 0.3 is 0 Å². The van der Waals surface area contributed by atoms with Gasteiger partial charge in [0, 0.05) is 0 Å². The molecule has 0 aliphatic heterocycles. The molecular weight excluding hydrogens is 633 g/mol. The molecule has 0 spiro atoms. The second-order valence-corrected chi connectivity index (χ2v) is 14.4.